The maximum Gasteiger partial charge on any atom is 0.272 e. The Hall–Kier alpha value is -2.56. The van der Waals surface area contributed by atoms with E-state index in [4.69, 9.17) is 23.2 Å². The van der Waals surface area contributed by atoms with E-state index in [1.165, 1.54) is 0 Å². The van der Waals surface area contributed by atoms with Crippen LogP contribution in [0.25, 0.3) is 12.2 Å². The Bertz CT molecular complexity index is 1000. The highest BCUT2D eigenvalue weighted by molar-refractivity contribution is 6.30. The van der Waals surface area contributed by atoms with Gasteiger partial charge in [0.1, 0.15) is 10.7 Å². The van der Waals surface area contributed by atoms with Gasteiger partial charge in [-0.2, -0.15) is 0 Å². The van der Waals surface area contributed by atoms with Gasteiger partial charge in [-0.25, -0.2) is 0 Å². The van der Waals surface area contributed by atoms with Crippen molar-refractivity contribution < 1.29 is 0 Å². The first-order valence-corrected chi connectivity index (χ1v) is 7.84. The van der Waals surface area contributed by atoms with Gasteiger partial charge in [-0.1, -0.05) is 47.5 Å². The van der Waals surface area contributed by atoms with Crippen LogP contribution in [-0.4, -0.2) is 9.97 Å². The van der Waals surface area contributed by atoms with Crippen LogP contribution in [0.1, 0.15) is 11.1 Å². The maximum atomic E-state index is 12.2. The molecule has 1 aromatic heterocycles. The predicted octanol–water partition coefficient (Wildman–Crippen LogP) is 2.03. The Kier molecular flexibility index (Phi) is 4.69. The van der Waals surface area contributed by atoms with Crippen molar-refractivity contribution in [3.05, 3.63) is 101 Å². The first kappa shape index (κ1) is 16.3. The Morgan fingerprint density at radius 3 is 1.29 bits per heavy atom. The highest BCUT2D eigenvalue weighted by Gasteiger charge is 1.97. The van der Waals surface area contributed by atoms with Gasteiger partial charge in [0.25, 0.3) is 11.1 Å². The molecule has 0 amide bonds. The summed E-state index contributed by atoms with van der Waals surface area (Å²) in [5.74, 6) is 0. The monoisotopic (exact) mass is 358 g/mol. The minimum Gasteiger partial charge on any atom is -0.316 e. The van der Waals surface area contributed by atoms with Crippen molar-refractivity contribution in [1.82, 2.24) is 9.97 Å². The number of benzene rings is 2. The van der Waals surface area contributed by atoms with Gasteiger partial charge >= 0.3 is 0 Å². The molecule has 0 aliphatic rings. The maximum absolute atomic E-state index is 12.2. The molecule has 2 N–H and O–H groups in total. The number of aromatic amines is 2. The minimum atomic E-state index is -0.384. The molecule has 0 fully saturated rings. The molecule has 0 radical (unpaired) electrons. The van der Waals surface area contributed by atoms with Crippen LogP contribution in [-0.2, 0) is 0 Å². The van der Waals surface area contributed by atoms with Crippen molar-refractivity contribution in [1.29, 1.82) is 0 Å². The van der Waals surface area contributed by atoms with E-state index in [-0.39, 0.29) is 21.8 Å². The van der Waals surface area contributed by atoms with E-state index in [0.29, 0.717) is 10.0 Å². The molecule has 2 aromatic carbocycles. The van der Waals surface area contributed by atoms with Crippen LogP contribution in [0.2, 0.25) is 10.0 Å². The molecule has 6 heteroatoms. The standard InChI is InChI=1S/C18H12Cl2N2O2/c19-13-5-1-11(2-6-13)9-15-17(23)22-16(18(24)21-15)10-12-3-7-14(20)8-4-12/h1-10H,(H,21,24)(H,22,23)/b15-9-,16-10-. The van der Waals surface area contributed by atoms with Crippen LogP contribution in [0.3, 0.4) is 0 Å². The second-order valence-corrected chi connectivity index (χ2v) is 6.00. The predicted molar refractivity (Wildman–Crippen MR) is 97.0 cm³/mol. The molecular formula is C18H12Cl2N2O2. The summed E-state index contributed by atoms with van der Waals surface area (Å²) in [6.45, 7) is 0. The summed E-state index contributed by atoms with van der Waals surface area (Å²) in [5, 5.41) is 1.55. The summed E-state index contributed by atoms with van der Waals surface area (Å²) in [5.41, 5.74) is 0.750. The largest absolute Gasteiger partial charge is 0.316 e. The van der Waals surface area contributed by atoms with Gasteiger partial charge in [-0.05, 0) is 47.5 Å². The summed E-state index contributed by atoms with van der Waals surface area (Å²) in [6, 6.07) is 13.9. The van der Waals surface area contributed by atoms with E-state index in [2.05, 4.69) is 9.97 Å². The van der Waals surface area contributed by atoms with Crippen LogP contribution in [0.4, 0.5) is 0 Å². The van der Waals surface area contributed by atoms with Gasteiger partial charge < -0.3 is 9.97 Å². The molecule has 0 unspecified atom stereocenters. The third-order valence-electron chi connectivity index (χ3n) is 3.35. The molecular weight excluding hydrogens is 347 g/mol. The van der Waals surface area contributed by atoms with Gasteiger partial charge in [0.05, 0.1) is 0 Å². The molecule has 0 aliphatic heterocycles. The van der Waals surface area contributed by atoms with Crippen molar-refractivity contribution in [2.24, 2.45) is 0 Å². The molecule has 0 saturated heterocycles. The van der Waals surface area contributed by atoms with Crippen molar-refractivity contribution >= 4 is 35.4 Å². The average Bonchev–Trinajstić information content (AvgIpc) is 2.56. The zero-order valence-corrected chi connectivity index (χ0v) is 13.9. The van der Waals surface area contributed by atoms with E-state index < -0.39 is 0 Å². The quantitative estimate of drug-likeness (QED) is 0.735. The second kappa shape index (κ2) is 6.91. The van der Waals surface area contributed by atoms with Crippen LogP contribution in [0, 0.1) is 0 Å². The lowest BCUT2D eigenvalue weighted by molar-refractivity contribution is 1.00. The second-order valence-electron chi connectivity index (χ2n) is 5.13. The molecule has 0 atom stereocenters. The van der Waals surface area contributed by atoms with Crippen LogP contribution in [0.15, 0.2) is 58.1 Å². The smallest absolute Gasteiger partial charge is 0.272 e. The minimum absolute atomic E-state index is 0.176. The molecule has 0 aliphatic carbocycles. The Balaban J connectivity index is 2.09. The Morgan fingerprint density at radius 1 is 0.625 bits per heavy atom. The summed E-state index contributed by atoms with van der Waals surface area (Å²) in [4.78, 5) is 29.6. The number of halogens is 2. The molecule has 120 valence electrons. The SMILES string of the molecule is O=c1[nH]/c(=C\c2ccc(Cl)cc2)c(=O)[nH]/c1=C\c1ccc(Cl)cc1. The van der Waals surface area contributed by atoms with Crippen molar-refractivity contribution in [2.75, 3.05) is 0 Å². The highest BCUT2D eigenvalue weighted by atomic mass is 35.5. The van der Waals surface area contributed by atoms with Crippen molar-refractivity contribution in [3.8, 4) is 0 Å². The number of nitrogens with one attached hydrogen (secondary N) is 2. The van der Waals surface area contributed by atoms with E-state index in [1.54, 1.807) is 60.7 Å². The van der Waals surface area contributed by atoms with Gasteiger partial charge in [-0.3, -0.25) is 9.59 Å². The molecule has 3 rings (SSSR count). The Morgan fingerprint density at radius 2 is 0.958 bits per heavy atom. The lowest BCUT2D eigenvalue weighted by Gasteiger charge is -1.95. The van der Waals surface area contributed by atoms with Gasteiger partial charge in [0, 0.05) is 10.0 Å². The Labute approximate surface area is 146 Å². The van der Waals surface area contributed by atoms with E-state index in [9.17, 15) is 9.59 Å². The summed E-state index contributed by atoms with van der Waals surface area (Å²) >= 11 is 11.7. The first-order valence-electron chi connectivity index (χ1n) is 7.08. The number of H-pyrrole nitrogens is 2. The summed E-state index contributed by atoms with van der Waals surface area (Å²) in [7, 11) is 0. The molecule has 1 heterocycles. The van der Waals surface area contributed by atoms with Crippen molar-refractivity contribution in [2.45, 2.75) is 0 Å². The number of hydrogen-bond acceptors (Lipinski definition) is 2. The first-order chi connectivity index (χ1) is 11.5. The fourth-order valence-electron chi connectivity index (χ4n) is 2.15. The number of aromatic nitrogens is 2. The topological polar surface area (TPSA) is 65.7 Å². The van der Waals surface area contributed by atoms with E-state index in [0.717, 1.165) is 11.1 Å². The molecule has 0 saturated carbocycles. The molecule has 24 heavy (non-hydrogen) atoms. The van der Waals surface area contributed by atoms with E-state index >= 15 is 0 Å². The van der Waals surface area contributed by atoms with Gasteiger partial charge in [0.2, 0.25) is 0 Å². The fourth-order valence-corrected chi connectivity index (χ4v) is 2.40. The van der Waals surface area contributed by atoms with Gasteiger partial charge in [-0.15, -0.1) is 0 Å². The number of hydrogen-bond donors (Lipinski definition) is 2. The number of rotatable bonds is 2. The van der Waals surface area contributed by atoms with E-state index in [1.807, 2.05) is 0 Å². The third kappa shape index (κ3) is 3.85. The summed E-state index contributed by atoms with van der Waals surface area (Å²) in [6.07, 6.45) is 3.17. The van der Waals surface area contributed by atoms with Gasteiger partial charge in [0.15, 0.2) is 0 Å². The van der Waals surface area contributed by atoms with Crippen molar-refractivity contribution in [3.63, 3.8) is 0 Å². The lowest BCUT2D eigenvalue weighted by Crippen LogP contribution is -2.46. The third-order valence-corrected chi connectivity index (χ3v) is 3.85. The molecule has 0 spiro atoms. The van der Waals surface area contributed by atoms with Crippen LogP contribution in [0.5, 0.6) is 0 Å². The molecule has 3 aromatic rings. The average molecular weight is 359 g/mol. The highest BCUT2D eigenvalue weighted by Crippen LogP contribution is 2.10. The lowest BCUT2D eigenvalue weighted by atomic mass is 10.2. The van der Waals surface area contributed by atoms with Crippen LogP contribution >= 0.6 is 23.2 Å². The fraction of sp³-hybridized carbons (Fsp3) is 0. The molecule has 4 nitrogen and oxygen atoms in total. The molecule has 0 bridgehead atoms. The zero-order valence-electron chi connectivity index (χ0n) is 12.3. The van der Waals surface area contributed by atoms with Crippen LogP contribution < -0.4 is 21.8 Å². The zero-order chi connectivity index (χ0) is 17.1. The summed E-state index contributed by atoms with van der Waals surface area (Å²) < 4.78 is 0. The normalized spacial score (nSPS) is 12.6.